The molecule has 0 aromatic heterocycles. The van der Waals surface area contributed by atoms with Crippen molar-refractivity contribution in [1.29, 1.82) is 5.26 Å². The molecule has 0 atom stereocenters. The Labute approximate surface area is 173 Å². The molecule has 0 bridgehead atoms. The van der Waals surface area contributed by atoms with E-state index in [2.05, 4.69) is 5.32 Å². The Morgan fingerprint density at radius 2 is 1.87 bits per heavy atom. The van der Waals surface area contributed by atoms with Crippen LogP contribution >= 0.6 is 0 Å². The molecule has 5 nitrogen and oxygen atoms in total. The van der Waals surface area contributed by atoms with Crippen molar-refractivity contribution in [3.63, 3.8) is 0 Å². The molecule has 1 fully saturated rings. The highest BCUT2D eigenvalue weighted by molar-refractivity contribution is 5.79. The number of carbonyl (C=O) groups excluding carboxylic acids is 1. The molecule has 0 unspecified atom stereocenters. The monoisotopic (exact) mass is 417 g/mol. The third-order valence-corrected chi connectivity index (χ3v) is 5.26. The number of amides is 1. The lowest BCUT2D eigenvalue weighted by Crippen LogP contribution is -2.41. The van der Waals surface area contributed by atoms with Gasteiger partial charge in [0.1, 0.15) is 5.75 Å². The summed E-state index contributed by atoms with van der Waals surface area (Å²) in [6.45, 7) is 1.07. The summed E-state index contributed by atoms with van der Waals surface area (Å²) in [5, 5.41) is 11.8. The first-order valence-corrected chi connectivity index (χ1v) is 9.58. The van der Waals surface area contributed by atoms with E-state index in [0.29, 0.717) is 32.5 Å². The molecule has 1 aliphatic rings. The average molecular weight is 417 g/mol. The second kappa shape index (κ2) is 9.08. The highest BCUT2D eigenvalue weighted by Gasteiger charge is 2.36. The van der Waals surface area contributed by atoms with Gasteiger partial charge in [0.25, 0.3) is 0 Å². The number of carbonyl (C=O) groups is 1. The molecule has 1 heterocycles. The number of alkyl halides is 3. The molecule has 3 rings (SSSR count). The Morgan fingerprint density at radius 1 is 1.20 bits per heavy atom. The zero-order valence-electron chi connectivity index (χ0n) is 16.5. The van der Waals surface area contributed by atoms with Crippen LogP contribution in [0.5, 0.6) is 5.75 Å². The number of nitrogens with one attached hydrogen (secondary N) is 1. The smallest absolute Gasteiger partial charge is 0.418 e. The lowest BCUT2D eigenvalue weighted by molar-refractivity contribution is -0.137. The summed E-state index contributed by atoms with van der Waals surface area (Å²) in [7, 11) is 1.58. The van der Waals surface area contributed by atoms with Gasteiger partial charge in [0.05, 0.1) is 24.3 Å². The van der Waals surface area contributed by atoms with E-state index < -0.39 is 11.7 Å². The SMILES string of the molecule is COc1ccc(CNC(=O)C2CCN(c3ccc(C#N)cc3C(F)(F)F)CC2)cc1. The van der Waals surface area contributed by atoms with Crippen LogP contribution in [0, 0.1) is 17.2 Å². The Morgan fingerprint density at radius 3 is 2.43 bits per heavy atom. The molecule has 8 heteroatoms. The summed E-state index contributed by atoms with van der Waals surface area (Å²) in [4.78, 5) is 14.1. The van der Waals surface area contributed by atoms with Crippen LogP contribution in [0.4, 0.5) is 18.9 Å². The predicted molar refractivity (Wildman–Crippen MR) is 106 cm³/mol. The quantitative estimate of drug-likeness (QED) is 0.795. The van der Waals surface area contributed by atoms with Gasteiger partial charge in [0, 0.05) is 31.2 Å². The Kier molecular flexibility index (Phi) is 6.50. The number of nitriles is 1. The molecule has 1 N–H and O–H groups in total. The van der Waals surface area contributed by atoms with E-state index in [-0.39, 0.29) is 23.1 Å². The van der Waals surface area contributed by atoms with Crippen molar-refractivity contribution in [2.75, 3.05) is 25.1 Å². The zero-order chi connectivity index (χ0) is 21.7. The maximum atomic E-state index is 13.4. The molecule has 1 aliphatic heterocycles. The number of anilines is 1. The second-order valence-electron chi connectivity index (χ2n) is 7.17. The summed E-state index contributed by atoms with van der Waals surface area (Å²) < 4.78 is 45.4. The van der Waals surface area contributed by atoms with Crippen LogP contribution in [0.25, 0.3) is 0 Å². The standard InChI is InChI=1S/C22H22F3N3O2/c1-30-18-5-2-15(3-6-18)14-27-21(29)17-8-10-28(11-9-17)20-7-4-16(13-26)12-19(20)22(23,24)25/h2-7,12,17H,8-11,14H2,1H3,(H,27,29). The Hall–Kier alpha value is -3.21. The number of methoxy groups -OCH3 is 1. The van der Waals surface area contributed by atoms with E-state index >= 15 is 0 Å². The van der Waals surface area contributed by atoms with Gasteiger partial charge < -0.3 is 15.0 Å². The third kappa shape index (κ3) is 5.03. The maximum absolute atomic E-state index is 13.4. The molecule has 158 valence electrons. The van der Waals surface area contributed by atoms with Crippen LogP contribution in [0.3, 0.4) is 0 Å². The fourth-order valence-electron chi connectivity index (χ4n) is 3.57. The fourth-order valence-corrected chi connectivity index (χ4v) is 3.57. The maximum Gasteiger partial charge on any atom is 0.418 e. The number of piperidine rings is 1. The van der Waals surface area contributed by atoms with Crippen LogP contribution < -0.4 is 15.0 Å². The first-order valence-electron chi connectivity index (χ1n) is 9.58. The predicted octanol–water partition coefficient (Wildman–Crippen LogP) is 4.12. The lowest BCUT2D eigenvalue weighted by Gasteiger charge is -2.34. The van der Waals surface area contributed by atoms with Crippen LogP contribution in [-0.2, 0) is 17.5 Å². The van der Waals surface area contributed by atoms with Gasteiger partial charge in [-0.25, -0.2) is 0 Å². The average Bonchev–Trinajstić information content (AvgIpc) is 2.77. The van der Waals surface area contributed by atoms with Gasteiger partial charge in [-0.15, -0.1) is 0 Å². The van der Waals surface area contributed by atoms with Gasteiger partial charge in [-0.05, 0) is 48.7 Å². The number of hydrogen-bond acceptors (Lipinski definition) is 4. The fraction of sp³-hybridized carbons (Fsp3) is 0.364. The van der Waals surface area contributed by atoms with Gasteiger partial charge >= 0.3 is 6.18 Å². The van der Waals surface area contributed by atoms with Crippen molar-refractivity contribution in [2.24, 2.45) is 5.92 Å². The van der Waals surface area contributed by atoms with Gasteiger partial charge in [-0.3, -0.25) is 4.79 Å². The number of hydrogen-bond donors (Lipinski definition) is 1. The summed E-state index contributed by atoms with van der Waals surface area (Å²) in [6, 6.07) is 12.7. The summed E-state index contributed by atoms with van der Waals surface area (Å²) in [5.41, 5.74) is 0.149. The molecule has 2 aromatic carbocycles. The van der Waals surface area contributed by atoms with E-state index in [1.54, 1.807) is 18.1 Å². The van der Waals surface area contributed by atoms with Gasteiger partial charge in [0.15, 0.2) is 0 Å². The molecule has 1 amide bonds. The normalized spacial score (nSPS) is 14.8. The number of rotatable bonds is 5. The van der Waals surface area contributed by atoms with Crippen LogP contribution in [0.1, 0.15) is 29.5 Å². The molecule has 2 aromatic rings. The number of benzene rings is 2. The van der Waals surface area contributed by atoms with Gasteiger partial charge in [0.2, 0.25) is 5.91 Å². The van der Waals surface area contributed by atoms with E-state index in [1.165, 1.54) is 12.1 Å². The highest BCUT2D eigenvalue weighted by atomic mass is 19.4. The number of ether oxygens (including phenoxy) is 1. The topological polar surface area (TPSA) is 65.4 Å². The largest absolute Gasteiger partial charge is 0.497 e. The van der Waals surface area contributed by atoms with Crippen molar-refractivity contribution >= 4 is 11.6 Å². The Balaban J connectivity index is 1.59. The number of nitrogens with zero attached hydrogens (tertiary/aromatic N) is 2. The minimum Gasteiger partial charge on any atom is -0.497 e. The minimum absolute atomic E-state index is 0.0288. The summed E-state index contributed by atoms with van der Waals surface area (Å²) in [6.07, 6.45) is -3.62. The highest BCUT2D eigenvalue weighted by Crippen LogP contribution is 2.38. The number of halogens is 3. The van der Waals surface area contributed by atoms with Crippen LogP contribution in [0.2, 0.25) is 0 Å². The molecular weight excluding hydrogens is 395 g/mol. The second-order valence-corrected chi connectivity index (χ2v) is 7.17. The molecule has 0 aliphatic carbocycles. The zero-order valence-corrected chi connectivity index (χ0v) is 16.5. The Bertz CT molecular complexity index is 928. The molecule has 0 saturated carbocycles. The van der Waals surface area contributed by atoms with Crippen molar-refractivity contribution < 1.29 is 22.7 Å². The van der Waals surface area contributed by atoms with Gasteiger partial charge in [-0.2, -0.15) is 18.4 Å². The third-order valence-electron chi connectivity index (χ3n) is 5.26. The molecule has 0 radical (unpaired) electrons. The van der Waals surface area contributed by atoms with Crippen molar-refractivity contribution in [1.82, 2.24) is 5.32 Å². The first-order chi connectivity index (χ1) is 14.3. The molecule has 30 heavy (non-hydrogen) atoms. The van der Waals surface area contributed by atoms with Crippen molar-refractivity contribution in [2.45, 2.75) is 25.6 Å². The van der Waals surface area contributed by atoms with E-state index in [1.807, 2.05) is 24.3 Å². The van der Waals surface area contributed by atoms with Crippen molar-refractivity contribution in [3.8, 4) is 11.8 Å². The summed E-state index contributed by atoms with van der Waals surface area (Å²) in [5.74, 6) is 0.395. The molecule has 1 saturated heterocycles. The molecular formula is C22H22F3N3O2. The van der Waals surface area contributed by atoms with E-state index in [4.69, 9.17) is 10.00 Å². The van der Waals surface area contributed by atoms with Crippen LogP contribution in [-0.4, -0.2) is 26.1 Å². The molecule has 0 spiro atoms. The van der Waals surface area contributed by atoms with Gasteiger partial charge in [-0.1, -0.05) is 12.1 Å². The lowest BCUT2D eigenvalue weighted by atomic mass is 9.94. The van der Waals surface area contributed by atoms with Crippen molar-refractivity contribution in [3.05, 3.63) is 59.2 Å². The van der Waals surface area contributed by atoms with E-state index in [9.17, 15) is 18.0 Å². The summed E-state index contributed by atoms with van der Waals surface area (Å²) >= 11 is 0. The first kappa shape index (κ1) is 21.5. The minimum atomic E-state index is -4.55. The van der Waals surface area contributed by atoms with Crippen LogP contribution in [0.15, 0.2) is 42.5 Å². The van der Waals surface area contributed by atoms with E-state index in [0.717, 1.165) is 17.4 Å².